The molecule has 0 unspecified atom stereocenters. The standard InChI is InChI=1S/C17H23N3O3.ClH/c1-23-17(8-10-18-11-9-17)16(22)19-13-4-6-14(7-5-13)20-12-2-3-15(20)21;/h4-7,18H,2-3,8-12H2,1H3,(H,19,22);1H. The lowest BCUT2D eigenvalue weighted by Gasteiger charge is -2.34. The molecule has 3 rings (SSSR count). The zero-order valence-electron chi connectivity index (χ0n) is 13.8. The first kappa shape index (κ1) is 18.7. The van der Waals surface area contributed by atoms with Crippen molar-refractivity contribution >= 4 is 35.6 Å². The van der Waals surface area contributed by atoms with Gasteiger partial charge in [-0.2, -0.15) is 0 Å². The molecule has 132 valence electrons. The van der Waals surface area contributed by atoms with Crippen molar-refractivity contribution < 1.29 is 14.3 Å². The highest BCUT2D eigenvalue weighted by Gasteiger charge is 2.39. The first-order valence-corrected chi connectivity index (χ1v) is 8.12. The maximum atomic E-state index is 12.6. The van der Waals surface area contributed by atoms with Gasteiger partial charge < -0.3 is 20.3 Å². The quantitative estimate of drug-likeness (QED) is 0.868. The number of hydrogen-bond donors (Lipinski definition) is 2. The van der Waals surface area contributed by atoms with E-state index in [9.17, 15) is 9.59 Å². The number of carbonyl (C=O) groups is 2. The molecule has 0 atom stereocenters. The SMILES string of the molecule is COC1(C(=O)Nc2ccc(N3CCCC3=O)cc2)CCNCC1.Cl. The highest BCUT2D eigenvalue weighted by atomic mass is 35.5. The lowest BCUT2D eigenvalue weighted by Crippen LogP contribution is -2.51. The summed E-state index contributed by atoms with van der Waals surface area (Å²) in [4.78, 5) is 26.1. The zero-order chi connectivity index (χ0) is 16.3. The van der Waals surface area contributed by atoms with E-state index < -0.39 is 5.60 Å². The molecule has 7 heteroatoms. The molecule has 1 aromatic carbocycles. The van der Waals surface area contributed by atoms with Crippen LogP contribution in [0.4, 0.5) is 11.4 Å². The number of halogens is 1. The molecule has 0 radical (unpaired) electrons. The first-order chi connectivity index (χ1) is 11.1. The smallest absolute Gasteiger partial charge is 0.256 e. The maximum Gasteiger partial charge on any atom is 0.256 e. The van der Waals surface area contributed by atoms with Gasteiger partial charge in [-0.3, -0.25) is 9.59 Å². The molecule has 0 saturated carbocycles. The van der Waals surface area contributed by atoms with E-state index >= 15 is 0 Å². The van der Waals surface area contributed by atoms with Gasteiger partial charge in [0.05, 0.1) is 0 Å². The van der Waals surface area contributed by atoms with Crippen molar-refractivity contribution in [3.8, 4) is 0 Å². The molecule has 6 nitrogen and oxygen atoms in total. The minimum Gasteiger partial charge on any atom is -0.368 e. The molecule has 2 aliphatic heterocycles. The van der Waals surface area contributed by atoms with Gasteiger partial charge in [0.15, 0.2) is 0 Å². The molecular formula is C17H24ClN3O3. The van der Waals surface area contributed by atoms with Gasteiger partial charge in [-0.25, -0.2) is 0 Å². The monoisotopic (exact) mass is 353 g/mol. The largest absolute Gasteiger partial charge is 0.368 e. The fraction of sp³-hybridized carbons (Fsp3) is 0.529. The van der Waals surface area contributed by atoms with Crippen molar-refractivity contribution in [1.82, 2.24) is 5.32 Å². The van der Waals surface area contributed by atoms with Crippen LogP contribution in [-0.4, -0.2) is 44.2 Å². The third-order valence-electron chi connectivity index (χ3n) is 4.73. The van der Waals surface area contributed by atoms with Crippen molar-refractivity contribution in [3.63, 3.8) is 0 Å². The number of amides is 2. The van der Waals surface area contributed by atoms with Crippen molar-refractivity contribution in [2.75, 3.05) is 37.0 Å². The number of hydrogen-bond acceptors (Lipinski definition) is 4. The Morgan fingerprint density at radius 3 is 2.46 bits per heavy atom. The van der Waals surface area contributed by atoms with Gasteiger partial charge in [0.25, 0.3) is 5.91 Å². The molecule has 2 N–H and O–H groups in total. The summed E-state index contributed by atoms with van der Waals surface area (Å²) in [5.74, 6) is 0.0568. The van der Waals surface area contributed by atoms with Gasteiger partial charge in [-0.05, 0) is 56.6 Å². The van der Waals surface area contributed by atoms with Crippen LogP contribution in [0.25, 0.3) is 0 Å². The summed E-state index contributed by atoms with van der Waals surface area (Å²) in [6.45, 7) is 2.32. The van der Waals surface area contributed by atoms with Crippen LogP contribution in [0.1, 0.15) is 25.7 Å². The van der Waals surface area contributed by atoms with Crippen molar-refractivity contribution in [2.24, 2.45) is 0 Å². The van der Waals surface area contributed by atoms with E-state index in [-0.39, 0.29) is 24.2 Å². The summed E-state index contributed by atoms with van der Waals surface area (Å²) in [7, 11) is 1.59. The molecule has 0 aromatic heterocycles. The predicted molar refractivity (Wildman–Crippen MR) is 95.8 cm³/mol. The van der Waals surface area contributed by atoms with Crippen molar-refractivity contribution in [2.45, 2.75) is 31.3 Å². The molecule has 2 aliphatic rings. The Morgan fingerprint density at radius 1 is 1.25 bits per heavy atom. The molecule has 0 spiro atoms. The Hall–Kier alpha value is -1.63. The highest BCUT2D eigenvalue weighted by Crippen LogP contribution is 2.26. The number of nitrogens with one attached hydrogen (secondary N) is 2. The summed E-state index contributed by atoms with van der Waals surface area (Å²) in [6, 6.07) is 7.42. The van der Waals surface area contributed by atoms with Crippen LogP contribution >= 0.6 is 12.4 Å². The van der Waals surface area contributed by atoms with Gasteiger partial charge in [-0.15, -0.1) is 12.4 Å². The fourth-order valence-corrected chi connectivity index (χ4v) is 3.25. The third-order valence-corrected chi connectivity index (χ3v) is 4.73. The Bertz CT molecular complexity index is 585. The number of carbonyl (C=O) groups excluding carboxylic acids is 2. The Balaban J connectivity index is 0.00000208. The summed E-state index contributed by atoms with van der Waals surface area (Å²) in [5, 5.41) is 6.18. The molecular weight excluding hydrogens is 330 g/mol. The Kier molecular flexibility index (Phi) is 6.21. The number of benzene rings is 1. The second-order valence-electron chi connectivity index (χ2n) is 6.10. The van der Waals surface area contributed by atoms with E-state index in [0.717, 1.165) is 37.4 Å². The highest BCUT2D eigenvalue weighted by molar-refractivity contribution is 5.98. The molecule has 24 heavy (non-hydrogen) atoms. The maximum absolute atomic E-state index is 12.6. The number of ether oxygens (including phenoxy) is 1. The molecule has 0 aliphatic carbocycles. The van der Waals surface area contributed by atoms with E-state index in [0.29, 0.717) is 19.3 Å². The average Bonchev–Trinajstić information content (AvgIpc) is 3.02. The van der Waals surface area contributed by atoms with Gasteiger partial charge in [0.2, 0.25) is 5.91 Å². The van der Waals surface area contributed by atoms with Crippen LogP contribution in [0.3, 0.4) is 0 Å². The summed E-state index contributed by atoms with van der Waals surface area (Å²) in [5.41, 5.74) is 0.851. The normalized spacial score (nSPS) is 19.7. The number of methoxy groups -OCH3 is 1. The fourth-order valence-electron chi connectivity index (χ4n) is 3.25. The minimum absolute atomic E-state index is 0. The molecule has 2 saturated heterocycles. The lowest BCUT2D eigenvalue weighted by molar-refractivity contribution is -0.140. The Morgan fingerprint density at radius 2 is 1.92 bits per heavy atom. The number of rotatable bonds is 4. The number of nitrogens with zero attached hydrogens (tertiary/aromatic N) is 1. The van der Waals surface area contributed by atoms with E-state index in [1.807, 2.05) is 24.3 Å². The molecule has 2 amide bonds. The minimum atomic E-state index is -0.755. The van der Waals surface area contributed by atoms with E-state index in [1.54, 1.807) is 12.0 Å². The second kappa shape index (κ2) is 7.96. The van der Waals surface area contributed by atoms with Crippen LogP contribution < -0.4 is 15.5 Å². The molecule has 2 fully saturated rings. The van der Waals surface area contributed by atoms with Crippen LogP contribution in [0.2, 0.25) is 0 Å². The van der Waals surface area contributed by atoms with Crippen LogP contribution in [0.5, 0.6) is 0 Å². The zero-order valence-corrected chi connectivity index (χ0v) is 14.7. The predicted octanol–water partition coefficient (Wildman–Crippen LogP) is 1.94. The van der Waals surface area contributed by atoms with E-state index in [1.165, 1.54) is 0 Å². The first-order valence-electron chi connectivity index (χ1n) is 8.12. The van der Waals surface area contributed by atoms with Crippen LogP contribution in [0, 0.1) is 0 Å². The summed E-state index contributed by atoms with van der Waals surface area (Å²) >= 11 is 0. The second-order valence-corrected chi connectivity index (χ2v) is 6.10. The average molecular weight is 354 g/mol. The van der Waals surface area contributed by atoms with Crippen molar-refractivity contribution in [1.29, 1.82) is 0 Å². The van der Waals surface area contributed by atoms with E-state index in [2.05, 4.69) is 10.6 Å². The number of piperidine rings is 1. The Labute approximate surface area is 148 Å². The summed E-state index contributed by atoms with van der Waals surface area (Å²) in [6.07, 6.45) is 2.84. The third kappa shape index (κ3) is 3.71. The summed E-state index contributed by atoms with van der Waals surface area (Å²) < 4.78 is 5.53. The van der Waals surface area contributed by atoms with Crippen LogP contribution in [0.15, 0.2) is 24.3 Å². The van der Waals surface area contributed by atoms with E-state index in [4.69, 9.17) is 4.74 Å². The van der Waals surface area contributed by atoms with Crippen LogP contribution in [-0.2, 0) is 14.3 Å². The molecule has 0 bridgehead atoms. The lowest BCUT2D eigenvalue weighted by atomic mass is 9.91. The topological polar surface area (TPSA) is 70.7 Å². The molecule has 1 aromatic rings. The van der Waals surface area contributed by atoms with Gasteiger partial charge >= 0.3 is 0 Å². The van der Waals surface area contributed by atoms with Gasteiger partial charge in [0, 0.05) is 31.5 Å². The van der Waals surface area contributed by atoms with Gasteiger partial charge in [0.1, 0.15) is 5.60 Å². The van der Waals surface area contributed by atoms with Gasteiger partial charge in [-0.1, -0.05) is 0 Å². The molecule has 2 heterocycles. The number of anilines is 2. The van der Waals surface area contributed by atoms with Crippen molar-refractivity contribution in [3.05, 3.63) is 24.3 Å².